The minimum absolute atomic E-state index is 0.00778. The van der Waals surface area contributed by atoms with E-state index in [0.717, 1.165) is 17.0 Å². The van der Waals surface area contributed by atoms with Gasteiger partial charge < -0.3 is 9.52 Å². The summed E-state index contributed by atoms with van der Waals surface area (Å²) in [5.74, 6) is -3.44. The van der Waals surface area contributed by atoms with Gasteiger partial charge in [-0.05, 0) is 31.2 Å². The molecule has 2 heterocycles. The number of furan rings is 1. The maximum atomic E-state index is 13.6. The van der Waals surface area contributed by atoms with Gasteiger partial charge in [-0.3, -0.25) is 14.5 Å². The number of ketones is 1. The molecule has 1 aliphatic rings. The van der Waals surface area contributed by atoms with Crippen LogP contribution in [0.4, 0.5) is 14.5 Å². The van der Waals surface area contributed by atoms with Gasteiger partial charge in [-0.15, -0.1) is 0 Å². The van der Waals surface area contributed by atoms with Crippen molar-refractivity contribution in [3.05, 3.63) is 64.8 Å². The lowest BCUT2D eigenvalue weighted by atomic mass is 9.99. The number of benzene rings is 1. The molecular formula is C18H15F2NO4. The number of aliphatic hydroxyl groups is 1. The van der Waals surface area contributed by atoms with Crippen LogP contribution in [0.5, 0.6) is 0 Å². The minimum Gasteiger partial charge on any atom is -0.503 e. The first-order chi connectivity index (χ1) is 11.8. The number of nitrogens with zero attached hydrogens (tertiary/aromatic N) is 1. The Kier molecular flexibility index (Phi) is 4.16. The number of halogens is 2. The second kappa shape index (κ2) is 6.16. The smallest absolute Gasteiger partial charge is 0.294 e. The van der Waals surface area contributed by atoms with Gasteiger partial charge in [0.05, 0.1) is 5.57 Å². The number of anilines is 1. The summed E-state index contributed by atoms with van der Waals surface area (Å²) in [4.78, 5) is 25.8. The highest BCUT2D eigenvalue weighted by Crippen LogP contribution is 2.42. The maximum absolute atomic E-state index is 13.6. The summed E-state index contributed by atoms with van der Waals surface area (Å²) in [6, 6.07) is 5.08. The molecule has 1 N–H and O–H groups in total. The van der Waals surface area contributed by atoms with Crippen molar-refractivity contribution in [3.63, 3.8) is 0 Å². The number of Topliss-reactive ketones (excluding diaryl/α,β-unsaturated/α-hetero) is 1. The van der Waals surface area contributed by atoms with Crippen molar-refractivity contribution in [1.82, 2.24) is 0 Å². The summed E-state index contributed by atoms with van der Waals surface area (Å²) in [7, 11) is 0. The third-order valence-corrected chi connectivity index (χ3v) is 4.04. The molecule has 0 saturated heterocycles. The number of hydrogen-bond donors (Lipinski definition) is 1. The minimum atomic E-state index is -1.14. The Morgan fingerprint density at radius 2 is 1.96 bits per heavy atom. The largest absolute Gasteiger partial charge is 0.503 e. The molecule has 5 nitrogen and oxygen atoms in total. The SMILES string of the molecule is CCC(=O)C1=C(O)C(=O)N(c2ccc(F)c(F)c2)C1c1ccc(C)o1. The highest BCUT2D eigenvalue weighted by molar-refractivity contribution is 6.16. The van der Waals surface area contributed by atoms with Crippen molar-refractivity contribution in [2.75, 3.05) is 4.90 Å². The summed E-state index contributed by atoms with van der Waals surface area (Å²) in [5.41, 5.74) is -0.111. The topological polar surface area (TPSA) is 70.8 Å². The van der Waals surface area contributed by atoms with Crippen LogP contribution in [0.2, 0.25) is 0 Å². The first kappa shape index (κ1) is 16.9. The molecule has 0 aliphatic carbocycles. The monoisotopic (exact) mass is 347 g/mol. The Labute approximate surface area is 142 Å². The first-order valence-corrected chi connectivity index (χ1v) is 7.66. The Morgan fingerprint density at radius 1 is 1.24 bits per heavy atom. The number of hydrogen-bond acceptors (Lipinski definition) is 4. The van der Waals surface area contributed by atoms with E-state index in [2.05, 4.69) is 0 Å². The molecule has 0 spiro atoms. The number of aryl methyl sites for hydroxylation is 1. The molecule has 0 radical (unpaired) electrons. The fourth-order valence-corrected chi connectivity index (χ4v) is 2.85. The molecule has 0 fully saturated rings. The van der Waals surface area contributed by atoms with Gasteiger partial charge in [-0.1, -0.05) is 6.92 Å². The van der Waals surface area contributed by atoms with Gasteiger partial charge in [0.2, 0.25) is 0 Å². The van der Waals surface area contributed by atoms with Gasteiger partial charge >= 0.3 is 0 Å². The summed E-state index contributed by atoms with van der Waals surface area (Å²) in [6.07, 6.45) is 0.0640. The first-order valence-electron chi connectivity index (χ1n) is 7.66. The normalized spacial score (nSPS) is 17.5. The molecule has 0 saturated carbocycles. The molecule has 25 heavy (non-hydrogen) atoms. The molecule has 130 valence electrons. The molecule has 1 amide bonds. The highest BCUT2D eigenvalue weighted by Gasteiger charge is 2.45. The van der Waals surface area contributed by atoms with Crippen LogP contribution in [0.25, 0.3) is 0 Å². The van der Waals surface area contributed by atoms with Gasteiger partial charge in [0.25, 0.3) is 5.91 Å². The van der Waals surface area contributed by atoms with E-state index in [1.165, 1.54) is 6.07 Å². The van der Waals surface area contributed by atoms with Crippen LogP contribution in [0.15, 0.2) is 46.1 Å². The molecule has 1 aromatic heterocycles. The Bertz CT molecular complexity index is 900. The molecule has 2 aromatic rings. The Hall–Kier alpha value is -2.96. The number of rotatable bonds is 4. The van der Waals surface area contributed by atoms with Crippen molar-refractivity contribution in [1.29, 1.82) is 0 Å². The third-order valence-electron chi connectivity index (χ3n) is 4.04. The lowest BCUT2D eigenvalue weighted by Crippen LogP contribution is -2.30. The van der Waals surface area contributed by atoms with Crippen molar-refractivity contribution in [3.8, 4) is 0 Å². The second-order valence-corrected chi connectivity index (χ2v) is 5.66. The molecule has 1 unspecified atom stereocenters. The van der Waals surface area contributed by atoms with E-state index < -0.39 is 35.1 Å². The third kappa shape index (κ3) is 2.71. The van der Waals surface area contributed by atoms with Crippen LogP contribution in [-0.2, 0) is 9.59 Å². The Balaban J connectivity index is 2.18. The fraction of sp³-hybridized carbons (Fsp3) is 0.222. The average molecular weight is 347 g/mol. The molecule has 7 heteroatoms. The molecular weight excluding hydrogens is 332 g/mol. The van der Waals surface area contributed by atoms with Crippen LogP contribution >= 0.6 is 0 Å². The van der Waals surface area contributed by atoms with Gasteiger partial charge in [0, 0.05) is 18.2 Å². The lowest BCUT2D eigenvalue weighted by Gasteiger charge is -2.25. The van der Waals surface area contributed by atoms with E-state index in [-0.39, 0.29) is 23.4 Å². The number of carbonyl (C=O) groups is 2. The van der Waals surface area contributed by atoms with Crippen LogP contribution in [0.3, 0.4) is 0 Å². The van der Waals surface area contributed by atoms with Gasteiger partial charge in [-0.2, -0.15) is 0 Å². The fourth-order valence-electron chi connectivity index (χ4n) is 2.85. The number of aliphatic hydroxyl groups excluding tert-OH is 1. The molecule has 3 rings (SSSR count). The lowest BCUT2D eigenvalue weighted by molar-refractivity contribution is -0.118. The summed E-state index contributed by atoms with van der Waals surface area (Å²) < 4.78 is 32.4. The zero-order valence-corrected chi connectivity index (χ0v) is 13.5. The molecule has 1 aromatic carbocycles. The standard InChI is InChI=1S/C18H15F2NO4/c1-3-13(22)15-16(14-7-4-9(2)25-14)21(18(24)17(15)23)10-5-6-11(19)12(20)8-10/h4-8,16,23H,3H2,1-2H3. The van der Waals surface area contributed by atoms with Crippen molar-refractivity contribution < 1.29 is 27.9 Å². The second-order valence-electron chi connectivity index (χ2n) is 5.66. The molecule has 1 atom stereocenters. The van der Waals surface area contributed by atoms with E-state index in [0.29, 0.717) is 5.76 Å². The average Bonchev–Trinajstić information content (AvgIpc) is 3.12. The summed E-state index contributed by atoms with van der Waals surface area (Å²) >= 11 is 0. The van der Waals surface area contributed by atoms with Crippen LogP contribution in [-0.4, -0.2) is 16.8 Å². The Morgan fingerprint density at radius 3 is 2.52 bits per heavy atom. The maximum Gasteiger partial charge on any atom is 0.294 e. The van der Waals surface area contributed by atoms with Crippen molar-refractivity contribution in [2.45, 2.75) is 26.3 Å². The van der Waals surface area contributed by atoms with Gasteiger partial charge in [0.1, 0.15) is 17.6 Å². The quantitative estimate of drug-likeness (QED) is 0.914. The van der Waals surface area contributed by atoms with Crippen molar-refractivity contribution >= 4 is 17.4 Å². The zero-order valence-electron chi connectivity index (χ0n) is 13.5. The number of carbonyl (C=O) groups excluding carboxylic acids is 2. The predicted molar refractivity (Wildman–Crippen MR) is 85.0 cm³/mol. The highest BCUT2D eigenvalue weighted by atomic mass is 19.2. The molecule has 1 aliphatic heterocycles. The summed E-state index contributed by atoms with van der Waals surface area (Å²) in [5, 5.41) is 10.2. The van der Waals surface area contributed by atoms with Crippen LogP contribution < -0.4 is 4.90 Å². The van der Waals surface area contributed by atoms with Crippen molar-refractivity contribution in [2.24, 2.45) is 0 Å². The van der Waals surface area contributed by atoms with E-state index in [4.69, 9.17) is 4.42 Å². The van der Waals surface area contributed by atoms with Crippen LogP contribution in [0.1, 0.15) is 30.9 Å². The van der Waals surface area contributed by atoms with Crippen LogP contribution in [0, 0.1) is 18.6 Å². The number of amides is 1. The molecule has 0 bridgehead atoms. The van der Waals surface area contributed by atoms with Gasteiger partial charge in [0.15, 0.2) is 23.2 Å². The van der Waals surface area contributed by atoms with E-state index in [1.807, 2.05) is 0 Å². The van der Waals surface area contributed by atoms with E-state index in [1.54, 1.807) is 26.0 Å². The summed E-state index contributed by atoms with van der Waals surface area (Å²) in [6.45, 7) is 3.28. The van der Waals surface area contributed by atoms with E-state index in [9.17, 15) is 23.5 Å². The zero-order chi connectivity index (χ0) is 18.3. The predicted octanol–water partition coefficient (Wildman–Crippen LogP) is 3.75. The van der Waals surface area contributed by atoms with E-state index >= 15 is 0 Å². The van der Waals surface area contributed by atoms with Gasteiger partial charge in [-0.25, -0.2) is 8.78 Å².